The van der Waals surface area contributed by atoms with Gasteiger partial charge >= 0.3 is 5.97 Å². The van der Waals surface area contributed by atoms with Gasteiger partial charge in [0.25, 0.3) is 5.91 Å². The van der Waals surface area contributed by atoms with Crippen LogP contribution in [0.25, 0.3) is 0 Å². The Morgan fingerprint density at radius 2 is 2.15 bits per heavy atom. The number of para-hydroxylation sites is 1. The minimum absolute atomic E-state index is 0.0600. The van der Waals surface area contributed by atoms with Crippen LogP contribution in [0.3, 0.4) is 0 Å². The molecule has 1 aliphatic rings. The largest absolute Gasteiger partial charge is 0.462 e. The number of rotatable bonds is 7. The molecule has 2 heterocycles. The van der Waals surface area contributed by atoms with Gasteiger partial charge in [0, 0.05) is 19.3 Å². The number of hydrogen-bond donors (Lipinski definition) is 2. The van der Waals surface area contributed by atoms with Crippen LogP contribution in [0.5, 0.6) is 0 Å². The molecule has 2 N–H and O–H groups in total. The summed E-state index contributed by atoms with van der Waals surface area (Å²) in [5, 5.41) is 5.80. The summed E-state index contributed by atoms with van der Waals surface area (Å²) in [4.78, 5) is 32.7. The highest BCUT2D eigenvalue weighted by atomic mass is 16.5. The molecule has 1 atom stereocenters. The van der Waals surface area contributed by atoms with Gasteiger partial charge in [-0.2, -0.15) is 0 Å². The number of esters is 1. The van der Waals surface area contributed by atoms with Crippen molar-refractivity contribution in [3.63, 3.8) is 0 Å². The lowest BCUT2D eigenvalue weighted by Gasteiger charge is -2.12. The van der Waals surface area contributed by atoms with Crippen LogP contribution < -0.4 is 10.6 Å². The van der Waals surface area contributed by atoms with Gasteiger partial charge in [-0.15, -0.1) is 0 Å². The van der Waals surface area contributed by atoms with E-state index in [1.54, 1.807) is 31.2 Å². The number of nitrogens with one attached hydrogen (secondary N) is 2. The molecule has 8 nitrogen and oxygen atoms in total. The van der Waals surface area contributed by atoms with Crippen molar-refractivity contribution < 1.29 is 19.1 Å². The average Bonchev–Trinajstić information content (AvgIpc) is 3.20. The first kappa shape index (κ1) is 18.8. The minimum atomic E-state index is -0.439. The molecule has 0 saturated carbocycles. The fourth-order valence-corrected chi connectivity index (χ4v) is 2.75. The Morgan fingerprint density at radius 3 is 2.93 bits per heavy atom. The summed E-state index contributed by atoms with van der Waals surface area (Å²) < 4.78 is 10.5. The summed E-state index contributed by atoms with van der Waals surface area (Å²) >= 11 is 0. The van der Waals surface area contributed by atoms with E-state index in [2.05, 4.69) is 20.6 Å². The third-order valence-electron chi connectivity index (χ3n) is 4.07. The zero-order valence-corrected chi connectivity index (χ0v) is 15.1. The van der Waals surface area contributed by atoms with Crippen molar-refractivity contribution in [2.75, 3.05) is 25.1 Å². The maximum absolute atomic E-state index is 12.3. The molecule has 1 fully saturated rings. The summed E-state index contributed by atoms with van der Waals surface area (Å²) in [6.07, 6.45) is 3.51. The first-order chi connectivity index (χ1) is 13.2. The number of amides is 1. The number of nitrogens with zero attached hydrogens (tertiary/aromatic N) is 2. The number of carbonyl (C=O) groups excluding carboxylic acids is 2. The van der Waals surface area contributed by atoms with Crippen LogP contribution in [0.1, 0.15) is 40.6 Å². The third kappa shape index (κ3) is 5.01. The predicted molar refractivity (Wildman–Crippen MR) is 99.0 cm³/mol. The Kier molecular flexibility index (Phi) is 6.32. The molecule has 1 aliphatic heterocycles. The van der Waals surface area contributed by atoms with E-state index in [4.69, 9.17) is 9.47 Å². The number of ether oxygens (including phenoxy) is 2. The van der Waals surface area contributed by atoms with Crippen molar-refractivity contribution in [3.8, 4) is 0 Å². The highest BCUT2D eigenvalue weighted by Crippen LogP contribution is 2.19. The highest BCUT2D eigenvalue weighted by Gasteiger charge is 2.18. The van der Waals surface area contributed by atoms with E-state index in [1.165, 1.54) is 12.3 Å². The molecule has 1 aromatic heterocycles. The van der Waals surface area contributed by atoms with Crippen molar-refractivity contribution >= 4 is 23.5 Å². The SMILES string of the molecule is CCOC(=O)c1ccccc1Nc1nccc(C(=O)NCC2CCCO2)n1. The summed E-state index contributed by atoms with van der Waals surface area (Å²) in [7, 11) is 0. The van der Waals surface area contributed by atoms with Crippen LogP contribution in [-0.4, -0.2) is 47.7 Å². The lowest BCUT2D eigenvalue weighted by atomic mass is 10.2. The molecule has 0 spiro atoms. The summed E-state index contributed by atoms with van der Waals surface area (Å²) in [5.41, 5.74) is 1.11. The van der Waals surface area contributed by atoms with E-state index in [0.29, 0.717) is 17.8 Å². The van der Waals surface area contributed by atoms with E-state index < -0.39 is 5.97 Å². The van der Waals surface area contributed by atoms with Gasteiger partial charge in [-0.25, -0.2) is 14.8 Å². The Morgan fingerprint density at radius 1 is 1.30 bits per heavy atom. The highest BCUT2D eigenvalue weighted by molar-refractivity contribution is 5.96. The molecule has 3 rings (SSSR count). The smallest absolute Gasteiger partial charge is 0.340 e. The van der Waals surface area contributed by atoms with Gasteiger partial charge in [0.2, 0.25) is 5.95 Å². The van der Waals surface area contributed by atoms with Gasteiger partial charge in [0.15, 0.2) is 0 Å². The van der Waals surface area contributed by atoms with Gasteiger partial charge in [-0.3, -0.25) is 4.79 Å². The molecule has 1 saturated heterocycles. The Hall–Kier alpha value is -3.00. The summed E-state index contributed by atoms with van der Waals surface area (Å²) in [5.74, 6) is -0.516. The second-order valence-corrected chi connectivity index (χ2v) is 6.00. The number of carbonyl (C=O) groups is 2. The third-order valence-corrected chi connectivity index (χ3v) is 4.07. The van der Waals surface area contributed by atoms with Crippen molar-refractivity contribution in [2.24, 2.45) is 0 Å². The van der Waals surface area contributed by atoms with Crippen LogP contribution in [0, 0.1) is 0 Å². The molecule has 142 valence electrons. The average molecular weight is 370 g/mol. The van der Waals surface area contributed by atoms with Gasteiger partial charge in [0.1, 0.15) is 5.69 Å². The lowest BCUT2D eigenvalue weighted by Crippen LogP contribution is -2.32. The van der Waals surface area contributed by atoms with Gasteiger partial charge in [-0.1, -0.05) is 12.1 Å². The molecule has 1 amide bonds. The Bertz CT molecular complexity index is 806. The second kappa shape index (κ2) is 9.09. The first-order valence-corrected chi connectivity index (χ1v) is 8.93. The number of anilines is 2. The molecule has 2 aromatic rings. The standard InChI is InChI=1S/C19H22N4O4/c1-2-26-18(25)14-7-3-4-8-15(14)22-19-20-10-9-16(23-19)17(24)21-12-13-6-5-11-27-13/h3-4,7-10,13H,2,5-6,11-12H2,1H3,(H,21,24)(H,20,22,23). The molecule has 27 heavy (non-hydrogen) atoms. The maximum atomic E-state index is 12.3. The van der Waals surface area contributed by atoms with Crippen LogP contribution in [0.15, 0.2) is 36.5 Å². The van der Waals surface area contributed by atoms with Crippen LogP contribution in [0.4, 0.5) is 11.6 Å². The van der Waals surface area contributed by atoms with Gasteiger partial charge in [0.05, 0.1) is 24.0 Å². The molecule has 8 heteroatoms. The predicted octanol–water partition coefficient (Wildman–Crippen LogP) is 2.31. The van der Waals surface area contributed by atoms with Crippen LogP contribution >= 0.6 is 0 Å². The van der Waals surface area contributed by atoms with Gasteiger partial charge in [-0.05, 0) is 38.0 Å². The van der Waals surface area contributed by atoms with Crippen molar-refractivity contribution in [2.45, 2.75) is 25.9 Å². The number of aromatic nitrogens is 2. The zero-order valence-electron chi connectivity index (χ0n) is 15.1. The van der Waals surface area contributed by atoms with Crippen LogP contribution in [0.2, 0.25) is 0 Å². The van der Waals surface area contributed by atoms with E-state index in [0.717, 1.165) is 19.4 Å². The van der Waals surface area contributed by atoms with Crippen LogP contribution in [-0.2, 0) is 9.47 Å². The fourth-order valence-electron chi connectivity index (χ4n) is 2.75. The first-order valence-electron chi connectivity index (χ1n) is 8.93. The molecule has 0 aliphatic carbocycles. The molecule has 0 bridgehead atoms. The maximum Gasteiger partial charge on any atom is 0.340 e. The van der Waals surface area contributed by atoms with E-state index in [9.17, 15) is 9.59 Å². The minimum Gasteiger partial charge on any atom is -0.462 e. The Labute approximate surface area is 157 Å². The quantitative estimate of drug-likeness (QED) is 0.721. The number of hydrogen-bond acceptors (Lipinski definition) is 7. The number of benzene rings is 1. The molecule has 1 unspecified atom stereocenters. The normalized spacial score (nSPS) is 16.0. The summed E-state index contributed by atoms with van der Waals surface area (Å²) in [6.45, 7) is 3.22. The van der Waals surface area contributed by atoms with Crippen molar-refractivity contribution in [3.05, 3.63) is 47.8 Å². The lowest BCUT2D eigenvalue weighted by molar-refractivity contribution is 0.0527. The van der Waals surface area contributed by atoms with Gasteiger partial charge < -0.3 is 20.1 Å². The Balaban J connectivity index is 1.69. The molecular formula is C19H22N4O4. The van der Waals surface area contributed by atoms with Crippen molar-refractivity contribution in [1.82, 2.24) is 15.3 Å². The molecule has 1 aromatic carbocycles. The molecule has 0 radical (unpaired) electrons. The summed E-state index contributed by atoms with van der Waals surface area (Å²) in [6, 6.07) is 8.43. The van der Waals surface area contributed by atoms with E-state index in [-0.39, 0.29) is 30.3 Å². The monoisotopic (exact) mass is 370 g/mol. The molecular weight excluding hydrogens is 348 g/mol. The zero-order chi connectivity index (χ0) is 19.1. The van der Waals surface area contributed by atoms with E-state index in [1.807, 2.05) is 0 Å². The van der Waals surface area contributed by atoms with Crippen molar-refractivity contribution in [1.29, 1.82) is 0 Å². The second-order valence-electron chi connectivity index (χ2n) is 6.00. The van der Waals surface area contributed by atoms with E-state index >= 15 is 0 Å². The topological polar surface area (TPSA) is 102 Å². The fraction of sp³-hybridized carbons (Fsp3) is 0.368.